The van der Waals surface area contributed by atoms with Crippen molar-refractivity contribution >= 4 is 40.7 Å². The predicted octanol–water partition coefficient (Wildman–Crippen LogP) is 4.06. The highest BCUT2D eigenvalue weighted by Crippen LogP contribution is 2.23. The molecule has 0 atom stereocenters. The Bertz CT molecular complexity index is 626. The van der Waals surface area contributed by atoms with Gasteiger partial charge in [-0.2, -0.15) is 0 Å². The Hall–Kier alpha value is -1.85. The summed E-state index contributed by atoms with van der Waals surface area (Å²) < 4.78 is 0. The molecular weight excluding hydrogens is 323 g/mol. The first kappa shape index (κ1) is 16.5. The van der Waals surface area contributed by atoms with Crippen LogP contribution in [0, 0.1) is 0 Å². The Balaban J connectivity index is 2.01. The molecule has 0 spiro atoms. The third kappa shape index (κ3) is 4.86. The third-order valence-electron chi connectivity index (χ3n) is 2.85. The predicted molar refractivity (Wildman–Crippen MR) is 89.0 cm³/mol. The minimum absolute atomic E-state index is 0.175. The molecule has 5 nitrogen and oxygen atoms in total. The minimum atomic E-state index is -0.175. The van der Waals surface area contributed by atoms with Crippen LogP contribution in [0.15, 0.2) is 30.6 Å². The fourth-order valence-electron chi connectivity index (χ4n) is 1.75. The standard InChI is InChI=1S/C15H16Cl2N4O/c1-2-3-4-18-14(22)10-8-19-15(20-9-10)21-13-6-11(16)5-12(17)7-13/h5-9H,2-4H2,1H3,(H,18,22)(H,19,20,21). The van der Waals surface area contributed by atoms with E-state index in [1.807, 2.05) is 0 Å². The summed E-state index contributed by atoms with van der Waals surface area (Å²) in [6.07, 6.45) is 4.93. The van der Waals surface area contributed by atoms with Gasteiger partial charge in [0.05, 0.1) is 5.56 Å². The first-order chi connectivity index (χ1) is 10.6. The molecule has 1 heterocycles. The first-order valence-electron chi connectivity index (χ1n) is 6.92. The van der Waals surface area contributed by atoms with E-state index in [0.717, 1.165) is 12.8 Å². The number of halogens is 2. The van der Waals surface area contributed by atoms with Gasteiger partial charge in [0.1, 0.15) is 0 Å². The monoisotopic (exact) mass is 338 g/mol. The van der Waals surface area contributed by atoms with E-state index in [9.17, 15) is 4.79 Å². The Labute approximate surface area is 139 Å². The van der Waals surface area contributed by atoms with Gasteiger partial charge in [-0.15, -0.1) is 0 Å². The lowest BCUT2D eigenvalue weighted by molar-refractivity contribution is 0.0952. The molecule has 1 aromatic carbocycles. The summed E-state index contributed by atoms with van der Waals surface area (Å²) in [7, 11) is 0. The normalized spacial score (nSPS) is 10.3. The first-order valence-corrected chi connectivity index (χ1v) is 7.67. The molecule has 0 aliphatic heterocycles. The van der Waals surface area contributed by atoms with E-state index in [2.05, 4.69) is 27.5 Å². The van der Waals surface area contributed by atoms with Gasteiger partial charge in [0.15, 0.2) is 0 Å². The summed E-state index contributed by atoms with van der Waals surface area (Å²) in [6, 6.07) is 5.06. The van der Waals surface area contributed by atoms with Crippen LogP contribution in [0.1, 0.15) is 30.1 Å². The zero-order valence-corrected chi connectivity index (χ0v) is 13.6. The molecule has 0 saturated heterocycles. The Morgan fingerprint density at radius 3 is 2.36 bits per heavy atom. The smallest absolute Gasteiger partial charge is 0.254 e. The summed E-state index contributed by atoms with van der Waals surface area (Å²) in [5, 5.41) is 6.82. The topological polar surface area (TPSA) is 66.9 Å². The van der Waals surface area contributed by atoms with Crippen LogP contribution in [0.25, 0.3) is 0 Å². The Kier molecular flexibility index (Phi) is 5.98. The second kappa shape index (κ2) is 7.96. The number of nitrogens with zero attached hydrogens (tertiary/aromatic N) is 2. The van der Waals surface area contributed by atoms with Crippen molar-refractivity contribution in [2.24, 2.45) is 0 Å². The molecule has 0 saturated carbocycles. The molecule has 0 aliphatic rings. The lowest BCUT2D eigenvalue weighted by atomic mass is 10.3. The second-order valence-electron chi connectivity index (χ2n) is 4.69. The lowest BCUT2D eigenvalue weighted by Crippen LogP contribution is -2.24. The second-order valence-corrected chi connectivity index (χ2v) is 5.56. The molecule has 116 valence electrons. The lowest BCUT2D eigenvalue weighted by Gasteiger charge is -2.07. The molecule has 0 fully saturated rings. The van der Waals surface area contributed by atoms with Gasteiger partial charge in [0.2, 0.25) is 5.95 Å². The van der Waals surface area contributed by atoms with Gasteiger partial charge >= 0.3 is 0 Å². The van der Waals surface area contributed by atoms with Gasteiger partial charge in [-0.1, -0.05) is 36.5 Å². The number of hydrogen-bond donors (Lipinski definition) is 2. The quantitative estimate of drug-likeness (QED) is 0.779. The number of hydrogen-bond acceptors (Lipinski definition) is 4. The Morgan fingerprint density at radius 2 is 1.77 bits per heavy atom. The molecule has 7 heteroatoms. The van der Waals surface area contributed by atoms with E-state index in [4.69, 9.17) is 23.2 Å². The highest BCUT2D eigenvalue weighted by Gasteiger charge is 2.07. The van der Waals surface area contributed by atoms with Crippen LogP contribution < -0.4 is 10.6 Å². The van der Waals surface area contributed by atoms with Gasteiger partial charge in [-0.05, 0) is 24.6 Å². The van der Waals surface area contributed by atoms with Crippen molar-refractivity contribution in [2.45, 2.75) is 19.8 Å². The largest absolute Gasteiger partial charge is 0.352 e. The van der Waals surface area contributed by atoms with Gasteiger partial charge in [-0.25, -0.2) is 9.97 Å². The zero-order chi connectivity index (χ0) is 15.9. The number of benzene rings is 1. The highest BCUT2D eigenvalue weighted by molar-refractivity contribution is 6.35. The number of amides is 1. The SMILES string of the molecule is CCCCNC(=O)c1cnc(Nc2cc(Cl)cc(Cl)c2)nc1. The van der Waals surface area contributed by atoms with E-state index >= 15 is 0 Å². The van der Waals surface area contributed by atoms with Crippen LogP contribution in [0.5, 0.6) is 0 Å². The van der Waals surface area contributed by atoms with Crippen molar-refractivity contribution < 1.29 is 4.79 Å². The summed E-state index contributed by atoms with van der Waals surface area (Å²) in [5.74, 6) is 0.189. The molecule has 1 aromatic heterocycles. The average molecular weight is 339 g/mol. The van der Waals surface area contributed by atoms with E-state index in [0.29, 0.717) is 33.8 Å². The maximum absolute atomic E-state index is 11.8. The van der Waals surface area contributed by atoms with Gasteiger partial charge in [0, 0.05) is 34.7 Å². The number of carbonyl (C=O) groups is 1. The maximum Gasteiger partial charge on any atom is 0.254 e. The summed E-state index contributed by atoms with van der Waals surface area (Å²) in [4.78, 5) is 20.1. The van der Waals surface area contributed by atoms with Gasteiger partial charge < -0.3 is 10.6 Å². The van der Waals surface area contributed by atoms with E-state index in [1.54, 1.807) is 18.2 Å². The molecule has 22 heavy (non-hydrogen) atoms. The fraction of sp³-hybridized carbons (Fsp3) is 0.267. The number of rotatable bonds is 6. The third-order valence-corrected chi connectivity index (χ3v) is 3.29. The molecule has 0 bridgehead atoms. The fourth-order valence-corrected chi connectivity index (χ4v) is 2.27. The molecule has 2 rings (SSSR count). The van der Waals surface area contributed by atoms with Crippen LogP contribution in [-0.4, -0.2) is 22.4 Å². The van der Waals surface area contributed by atoms with Gasteiger partial charge in [0.25, 0.3) is 5.91 Å². The van der Waals surface area contributed by atoms with E-state index in [1.165, 1.54) is 12.4 Å². The average Bonchev–Trinajstić information content (AvgIpc) is 2.47. The highest BCUT2D eigenvalue weighted by atomic mass is 35.5. The number of aromatic nitrogens is 2. The number of unbranched alkanes of at least 4 members (excludes halogenated alkanes) is 1. The van der Waals surface area contributed by atoms with E-state index < -0.39 is 0 Å². The van der Waals surface area contributed by atoms with Crippen molar-refractivity contribution in [1.82, 2.24) is 15.3 Å². The molecule has 0 aliphatic carbocycles. The summed E-state index contributed by atoms with van der Waals surface area (Å²) in [5.41, 5.74) is 1.10. The van der Waals surface area contributed by atoms with Crippen molar-refractivity contribution in [3.8, 4) is 0 Å². The number of carbonyl (C=O) groups excluding carboxylic acids is 1. The molecule has 1 amide bonds. The van der Waals surface area contributed by atoms with Crippen LogP contribution in [0.3, 0.4) is 0 Å². The van der Waals surface area contributed by atoms with Crippen molar-refractivity contribution in [3.05, 3.63) is 46.2 Å². The maximum atomic E-state index is 11.8. The van der Waals surface area contributed by atoms with Crippen LogP contribution in [-0.2, 0) is 0 Å². The van der Waals surface area contributed by atoms with Crippen molar-refractivity contribution in [2.75, 3.05) is 11.9 Å². The summed E-state index contributed by atoms with van der Waals surface area (Å²) in [6.45, 7) is 2.72. The molecule has 0 unspecified atom stereocenters. The van der Waals surface area contributed by atoms with E-state index in [-0.39, 0.29) is 5.91 Å². The van der Waals surface area contributed by atoms with Crippen molar-refractivity contribution in [3.63, 3.8) is 0 Å². The zero-order valence-electron chi connectivity index (χ0n) is 12.1. The Morgan fingerprint density at radius 1 is 1.14 bits per heavy atom. The number of nitrogens with one attached hydrogen (secondary N) is 2. The summed E-state index contributed by atoms with van der Waals surface area (Å²) >= 11 is 11.9. The minimum Gasteiger partial charge on any atom is -0.352 e. The molecule has 2 aromatic rings. The van der Waals surface area contributed by atoms with Gasteiger partial charge in [-0.3, -0.25) is 4.79 Å². The number of anilines is 2. The van der Waals surface area contributed by atoms with Crippen LogP contribution >= 0.6 is 23.2 Å². The van der Waals surface area contributed by atoms with Crippen LogP contribution in [0.2, 0.25) is 10.0 Å². The molecular formula is C15H16Cl2N4O. The van der Waals surface area contributed by atoms with Crippen molar-refractivity contribution in [1.29, 1.82) is 0 Å². The van der Waals surface area contributed by atoms with Crippen LogP contribution in [0.4, 0.5) is 11.6 Å². The molecule has 2 N–H and O–H groups in total. The molecule has 0 radical (unpaired) electrons.